The van der Waals surface area contributed by atoms with Crippen molar-refractivity contribution in [1.29, 1.82) is 0 Å². The number of rotatable bonds is 2. The molecule has 3 rings (SSSR count). The first-order valence-electron chi connectivity index (χ1n) is 5.33. The number of nitrogens with zero attached hydrogens (tertiary/aromatic N) is 1. The minimum Gasteiger partial charge on any atom is -0.315 e. The topological polar surface area (TPSA) is 54.0 Å². The minimum absolute atomic E-state index is 0.112. The fourth-order valence-electron chi connectivity index (χ4n) is 1.93. The van der Waals surface area contributed by atoms with Crippen molar-refractivity contribution >= 4 is 22.4 Å². The van der Waals surface area contributed by atoms with E-state index in [9.17, 15) is 4.79 Å². The van der Waals surface area contributed by atoms with Crippen LogP contribution in [0.2, 0.25) is 0 Å². The largest absolute Gasteiger partial charge is 0.315 e. The summed E-state index contributed by atoms with van der Waals surface area (Å²) in [5, 5.41) is 6.78. The van der Waals surface area contributed by atoms with Gasteiger partial charge in [-0.1, -0.05) is 0 Å². The van der Waals surface area contributed by atoms with Gasteiger partial charge in [-0.25, -0.2) is 4.98 Å². The normalized spacial score (nSPS) is 19.7. The molecule has 4 nitrogen and oxygen atoms in total. The van der Waals surface area contributed by atoms with Gasteiger partial charge in [0.1, 0.15) is 0 Å². The van der Waals surface area contributed by atoms with E-state index < -0.39 is 0 Å². The van der Waals surface area contributed by atoms with Crippen molar-refractivity contribution < 1.29 is 4.79 Å². The van der Waals surface area contributed by atoms with Crippen molar-refractivity contribution in [3.05, 3.63) is 10.6 Å². The lowest BCUT2D eigenvalue weighted by Crippen LogP contribution is -2.48. The zero-order valence-electron chi connectivity index (χ0n) is 8.38. The lowest BCUT2D eigenvalue weighted by molar-refractivity contribution is -0.121. The van der Waals surface area contributed by atoms with Gasteiger partial charge in [-0.3, -0.25) is 4.79 Å². The van der Waals surface area contributed by atoms with Gasteiger partial charge in [0.25, 0.3) is 0 Å². The molecule has 1 aliphatic heterocycles. The summed E-state index contributed by atoms with van der Waals surface area (Å²) < 4.78 is 0. The van der Waals surface area contributed by atoms with Crippen molar-refractivity contribution in [2.45, 2.75) is 19.3 Å². The molecule has 0 radical (unpaired) electrons. The number of anilines is 1. The average molecular weight is 223 g/mol. The van der Waals surface area contributed by atoms with E-state index in [1.807, 2.05) is 0 Å². The Kier molecular flexibility index (Phi) is 2.21. The van der Waals surface area contributed by atoms with E-state index in [0.29, 0.717) is 0 Å². The van der Waals surface area contributed by atoms with Gasteiger partial charge in [-0.15, -0.1) is 11.3 Å². The highest BCUT2D eigenvalue weighted by atomic mass is 32.1. The molecule has 1 aromatic rings. The Hall–Kier alpha value is -0.940. The lowest BCUT2D eigenvalue weighted by atomic mass is 10.0. The zero-order valence-corrected chi connectivity index (χ0v) is 9.19. The second-order valence-electron chi connectivity index (χ2n) is 4.09. The number of amides is 1. The van der Waals surface area contributed by atoms with E-state index in [1.54, 1.807) is 11.3 Å². The van der Waals surface area contributed by atoms with E-state index in [4.69, 9.17) is 0 Å². The molecule has 0 aromatic carbocycles. The smallest absolute Gasteiger partial charge is 0.231 e. The van der Waals surface area contributed by atoms with Crippen molar-refractivity contribution in [3.8, 4) is 0 Å². The molecule has 0 bridgehead atoms. The highest BCUT2D eigenvalue weighted by Crippen LogP contribution is 2.30. The van der Waals surface area contributed by atoms with Crippen LogP contribution in [0.3, 0.4) is 0 Å². The van der Waals surface area contributed by atoms with Gasteiger partial charge in [0, 0.05) is 18.0 Å². The van der Waals surface area contributed by atoms with E-state index >= 15 is 0 Å². The van der Waals surface area contributed by atoms with E-state index in [0.717, 1.165) is 31.1 Å². The summed E-state index contributed by atoms with van der Waals surface area (Å²) in [4.78, 5) is 17.4. The van der Waals surface area contributed by atoms with Crippen LogP contribution in [0, 0.1) is 5.92 Å². The molecule has 0 saturated carbocycles. The number of hydrogen-bond donors (Lipinski definition) is 2. The number of aryl methyl sites for hydroxylation is 2. The van der Waals surface area contributed by atoms with Gasteiger partial charge in [0.15, 0.2) is 5.13 Å². The number of aromatic nitrogens is 1. The molecule has 1 aromatic heterocycles. The molecule has 2 N–H and O–H groups in total. The maximum absolute atomic E-state index is 11.6. The number of nitrogens with one attached hydrogen (secondary N) is 2. The number of hydrogen-bond acceptors (Lipinski definition) is 4. The predicted octanol–water partition coefficient (Wildman–Crippen LogP) is 0.790. The zero-order chi connectivity index (χ0) is 10.3. The SMILES string of the molecule is O=C(Nc1nc2c(s1)CCC2)C1CNC1. The molecule has 0 atom stereocenters. The first kappa shape index (κ1) is 9.30. The fraction of sp³-hybridized carbons (Fsp3) is 0.600. The van der Waals surface area contributed by atoms with Crippen molar-refractivity contribution in [2.75, 3.05) is 18.4 Å². The maximum atomic E-state index is 11.6. The summed E-state index contributed by atoms with van der Waals surface area (Å²) in [6.07, 6.45) is 3.43. The molecule has 15 heavy (non-hydrogen) atoms. The number of thiazole rings is 1. The van der Waals surface area contributed by atoms with Gasteiger partial charge < -0.3 is 10.6 Å². The second kappa shape index (κ2) is 3.57. The second-order valence-corrected chi connectivity index (χ2v) is 5.17. The minimum atomic E-state index is 0.112. The molecule has 1 saturated heterocycles. The van der Waals surface area contributed by atoms with Crippen LogP contribution < -0.4 is 10.6 Å². The average Bonchev–Trinajstić information content (AvgIpc) is 2.58. The standard InChI is InChI=1S/C10H13N3OS/c14-9(6-4-11-5-6)13-10-12-7-2-1-3-8(7)15-10/h6,11H,1-5H2,(H,12,13,14). The molecular weight excluding hydrogens is 210 g/mol. The Morgan fingerprint density at radius 2 is 2.33 bits per heavy atom. The Morgan fingerprint density at radius 3 is 3.00 bits per heavy atom. The van der Waals surface area contributed by atoms with Gasteiger partial charge >= 0.3 is 0 Å². The van der Waals surface area contributed by atoms with Gasteiger partial charge in [-0.2, -0.15) is 0 Å². The summed E-state index contributed by atoms with van der Waals surface area (Å²) in [6, 6.07) is 0. The number of carbonyl (C=O) groups excluding carboxylic acids is 1. The first-order chi connectivity index (χ1) is 7.33. The summed E-state index contributed by atoms with van der Waals surface area (Å²) in [7, 11) is 0. The van der Waals surface area contributed by atoms with Crippen molar-refractivity contribution in [2.24, 2.45) is 5.92 Å². The molecule has 0 unspecified atom stereocenters. The van der Waals surface area contributed by atoms with Crippen LogP contribution in [0.15, 0.2) is 0 Å². The van der Waals surface area contributed by atoms with Crippen LogP contribution in [0.4, 0.5) is 5.13 Å². The molecule has 80 valence electrons. The highest BCUT2D eigenvalue weighted by Gasteiger charge is 2.26. The number of carbonyl (C=O) groups is 1. The first-order valence-corrected chi connectivity index (χ1v) is 6.15. The van der Waals surface area contributed by atoms with Crippen LogP contribution in [-0.2, 0) is 17.6 Å². The Bertz CT molecular complexity index is 376. The van der Waals surface area contributed by atoms with Crippen LogP contribution in [0.25, 0.3) is 0 Å². The number of fused-ring (bicyclic) bond motifs is 1. The molecular formula is C10H13N3OS. The molecule has 0 spiro atoms. The highest BCUT2D eigenvalue weighted by molar-refractivity contribution is 7.15. The maximum Gasteiger partial charge on any atom is 0.231 e. The molecule has 1 aliphatic carbocycles. The van der Waals surface area contributed by atoms with Gasteiger partial charge in [0.2, 0.25) is 5.91 Å². The van der Waals surface area contributed by atoms with Crippen LogP contribution in [0.1, 0.15) is 17.0 Å². The molecule has 1 fully saturated rings. The fourth-order valence-corrected chi connectivity index (χ4v) is 2.98. The summed E-state index contributed by atoms with van der Waals surface area (Å²) in [5.74, 6) is 0.255. The monoisotopic (exact) mass is 223 g/mol. The van der Waals surface area contributed by atoms with E-state index in [1.165, 1.54) is 17.0 Å². The molecule has 2 aliphatic rings. The third kappa shape index (κ3) is 1.66. The Labute approximate surface area is 92.1 Å². The third-order valence-corrected chi connectivity index (χ3v) is 4.05. The molecule has 1 amide bonds. The van der Waals surface area contributed by atoms with Crippen LogP contribution >= 0.6 is 11.3 Å². The molecule has 5 heteroatoms. The van der Waals surface area contributed by atoms with E-state index in [2.05, 4.69) is 15.6 Å². The lowest BCUT2D eigenvalue weighted by Gasteiger charge is -2.25. The van der Waals surface area contributed by atoms with Gasteiger partial charge in [0.05, 0.1) is 11.6 Å². The Morgan fingerprint density at radius 1 is 1.47 bits per heavy atom. The predicted molar refractivity (Wildman–Crippen MR) is 59.1 cm³/mol. The van der Waals surface area contributed by atoms with Crippen molar-refractivity contribution in [1.82, 2.24) is 10.3 Å². The van der Waals surface area contributed by atoms with Crippen molar-refractivity contribution in [3.63, 3.8) is 0 Å². The summed E-state index contributed by atoms with van der Waals surface area (Å²) in [5.41, 5.74) is 1.20. The van der Waals surface area contributed by atoms with Crippen LogP contribution in [0.5, 0.6) is 0 Å². The summed E-state index contributed by atoms with van der Waals surface area (Å²) >= 11 is 1.64. The van der Waals surface area contributed by atoms with E-state index in [-0.39, 0.29) is 11.8 Å². The van der Waals surface area contributed by atoms with Gasteiger partial charge in [-0.05, 0) is 19.3 Å². The van der Waals surface area contributed by atoms with Crippen LogP contribution in [-0.4, -0.2) is 24.0 Å². The quantitative estimate of drug-likeness (QED) is 0.779. The molecule has 2 heterocycles. The summed E-state index contributed by atoms with van der Waals surface area (Å²) in [6.45, 7) is 1.61. The Balaban J connectivity index is 1.68. The third-order valence-electron chi connectivity index (χ3n) is 2.98.